The number of methoxy groups -OCH3 is 1. The van der Waals surface area contributed by atoms with Crippen molar-refractivity contribution in [2.45, 2.75) is 121 Å². The Bertz CT molecular complexity index is 1610. The van der Waals surface area contributed by atoms with E-state index in [1.165, 1.54) is 11.1 Å². The molecule has 0 bridgehead atoms. The van der Waals surface area contributed by atoms with Gasteiger partial charge < -0.3 is 19.5 Å². The minimum Gasteiger partial charge on any atom is -0.496 e. The number of nitrogens with one attached hydrogen (secondary N) is 1. The first-order chi connectivity index (χ1) is 24.1. The molecular weight excluding hydrogens is 649 g/mol. The third-order valence-electron chi connectivity index (χ3n) is 11.0. The monoisotopic (exact) mass is 702 g/mol. The highest BCUT2D eigenvalue weighted by molar-refractivity contribution is 7.15. The highest BCUT2D eigenvalue weighted by Crippen LogP contribution is 2.40. The quantitative estimate of drug-likeness (QED) is 0.238. The highest BCUT2D eigenvalue weighted by Gasteiger charge is 2.51. The molecule has 2 saturated carbocycles. The van der Waals surface area contributed by atoms with E-state index in [9.17, 15) is 9.59 Å². The minimum absolute atomic E-state index is 0.0466. The van der Waals surface area contributed by atoms with Crippen LogP contribution in [0.2, 0.25) is 0 Å². The van der Waals surface area contributed by atoms with Gasteiger partial charge in [0.25, 0.3) is 0 Å². The molecule has 1 saturated heterocycles. The lowest BCUT2D eigenvalue weighted by Gasteiger charge is -2.48. The van der Waals surface area contributed by atoms with Crippen LogP contribution in [0.15, 0.2) is 42.7 Å². The number of amides is 2. The van der Waals surface area contributed by atoms with Gasteiger partial charge in [0.05, 0.1) is 17.0 Å². The first-order valence-electron chi connectivity index (χ1n) is 18.5. The summed E-state index contributed by atoms with van der Waals surface area (Å²) in [6.45, 7) is 10.3. The van der Waals surface area contributed by atoms with E-state index in [0.29, 0.717) is 57.3 Å². The maximum atomic E-state index is 14.5. The predicted molar refractivity (Wildman–Crippen MR) is 197 cm³/mol. The van der Waals surface area contributed by atoms with Crippen LogP contribution in [0.5, 0.6) is 11.6 Å². The molecule has 50 heavy (non-hydrogen) atoms. The third kappa shape index (κ3) is 8.17. The molecule has 2 aromatic heterocycles. The molecule has 9 nitrogen and oxygen atoms in total. The molecule has 1 aliphatic heterocycles. The predicted octanol–water partition coefficient (Wildman–Crippen LogP) is 8.59. The second-order valence-corrected chi connectivity index (χ2v) is 16.5. The molecule has 270 valence electrons. The lowest BCUT2D eigenvalue weighted by Crippen LogP contribution is -2.66. The summed E-state index contributed by atoms with van der Waals surface area (Å²) in [4.78, 5) is 40.7. The Morgan fingerprint density at radius 2 is 1.74 bits per heavy atom. The number of aryl methyl sites for hydroxylation is 1. The average molecular weight is 703 g/mol. The van der Waals surface area contributed by atoms with Gasteiger partial charge in [-0.15, -0.1) is 11.3 Å². The number of hydrogen-bond donors (Lipinski definition) is 1. The van der Waals surface area contributed by atoms with Gasteiger partial charge >= 0.3 is 6.09 Å². The standard InChI is InChI=1S/C40H54N4O5S/c1-27-23-30(13-14-33(27)47-5)29-11-9-28(10-12-29)25-42-36(45)40(18-7-6-8-19-40)44(32-16-21-48-22-17-32)38(46)49-35-24-31(15-20-41-35)34-26-43-37(50-34)39(2,3)4/h13-15,20,23-24,26,28-29,32H,6-12,16-19,21-22,25H2,1-5H3,(H,42,45). The summed E-state index contributed by atoms with van der Waals surface area (Å²) < 4.78 is 17.3. The van der Waals surface area contributed by atoms with Crippen LogP contribution in [0, 0.1) is 12.8 Å². The molecule has 3 aromatic rings. The van der Waals surface area contributed by atoms with Crippen molar-refractivity contribution in [3.63, 3.8) is 0 Å². The normalized spacial score (nSPS) is 21.3. The van der Waals surface area contributed by atoms with Gasteiger partial charge in [-0.1, -0.05) is 52.2 Å². The molecule has 0 atom stereocenters. The number of thiazole rings is 1. The Labute approximate surface area is 301 Å². The van der Waals surface area contributed by atoms with Crippen LogP contribution in [0.3, 0.4) is 0 Å². The molecule has 1 aromatic carbocycles. The number of carbonyl (C=O) groups excluding carboxylic acids is 2. The zero-order valence-electron chi connectivity index (χ0n) is 30.5. The van der Waals surface area contributed by atoms with E-state index >= 15 is 0 Å². The van der Waals surface area contributed by atoms with Crippen molar-refractivity contribution in [3.8, 4) is 22.1 Å². The lowest BCUT2D eigenvalue weighted by molar-refractivity contribution is -0.138. The lowest BCUT2D eigenvalue weighted by atomic mass is 9.77. The summed E-state index contributed by atoms with van der Waals surface area (Å²) in [5, 5.41) is 4.41. The molecule has 3 heterocycles. The van der Waals surface area contributed by atoms with Gasteiger partial charge in [0.2, 0.25) is 11.8 Å². The molecule has 2 amide bonds. The van der Waals surface area contributed by atoms with Gasteiger partial charge in [0.15, 0.2) is 0 Å². The van der Waals surface area contributed by atoms with Crippen molar-refractivity contribution >= 4 is 23.3 Å². The maximum absolute atomic E-state index is 14.5. The van der Waals surface area contributed by atoms with E-state index in [0.717, 1.165) is 66.1 Å². The van der Waals surface area contributed by atoms with Gasteiger partial charge in [-0.25, -0.2) is 14.8 Å². The molecule has 0 unspecified atom stereocenters. The van der Waals surface area contributed by atoms with Crippen molar-refractivity contribution in [2.24, 2.45) is 5.92 Å². The number of carbonyl (C=O) groups is 2. The van der Waals surface area contributed by atoms with E-state index in [1.807, 2.05) is 12.3 Å². The van der Waals surface area contributed by atoms with Gasteiger partial charge in [-0.05, 0) is 93.4 Å². The Morgan fingerprint density at radius 1 is 1.00 bits per heavy atom. The van der Waals surface area contributed by atoms with E-state index in [4.69, 9.17) is 14.2 Å². The van der Waals surface area contributed by atoms with E-state index in [2.05, 4.69) is 61.2 Å². The number of nitrogens with zero attached hydrogens (tertiary/aromatic N) is 3. The minimum atomic E-state index is -0.966. The molecular formula is C40H54N4O5S. The Kier molecular flexibility index (Phi) is 11.5. The first-order valence-corrected chi connectivity index (χ1v) is 19.3. The molecule has 3 aliphatic rings. The average Bonchev–Trinajstić information content (AvgIpc) is 3.64. The summed E-state index contributed by atoms with van der Waals surface area (Å²) in [6.07, 6.45) is 12.8. The summed E-state index contributed by atoms with van der Waals surface area (Å²) in [5.41, 5.74) is 2.42. The number of hydrogen-bond acceptors (Lipinski definition) is 8. The second-order valence-electron chi connectivity index (χ2n) is 15.5. The van der Waals surface area contributed by atoms with Crippen molar-refractivity contribution in [1.82, 2.24) is 20.2 Å². The van der Waals surface area contributed by atoms with Crippen molar-refractivity contribution in [3.05, 3.63) is 58.9 Å². The molecule has 0 radical (unpaired) electrons. The molecule has 1 N–H and O–H groups in total. The molecule has 3 fully saturated rings. The fraction of sp³-hybridized carbons (Fsp3) is 0.600. The smallest absolute Gasteiger partial charge is 0.417 e. The van der Waals surface area contributed by atoms with Crippen LogP contribution < -0.4 is 14.8 Å². The summed E-state index contributed by atoms with van der Waals surface area (Å²) in [7, 11) is 1.72. The first kappa shape index (κ1) is 36.3. The topological polar surface area (TPSA) is 103 Å². The zero-order valence-corrected chi connectivity index (χ0v) is 31.3. The van der Waals surface area contributed by atoms with Crippen LogP contribution in [0.25, 0.3) is 10.4 Å². The molecule has 0 spiro atoms. The number of rotatable bonds is 9. The number of aromatic nitrogens is 2. The van der Waals surface area contributed by atoms with Crippen LogP contribution in [-0.2, 0) is 14.9 Å². The summed E-state index contributed by atoms with van der Waals surface area (Å²) in [5.74, 6) is 2.05. The Hall–Kier alpha value is -3.50. The van der Waals surface area contributed by atoms with Crippen LogP contribution in [-0.4, -0.2) is 65.3 Å². The van der Waals surface area contributed by atoms with Gasteiger partial charge in [0.1, 0.15) is 11.3 Å². The van der Waals surface area contributed by atoms with Gasteiger partial charge in [-0.3, -0.25) is 9.69 Å². The number of ether oxygens (including phenoxy) is 3. The zero-order chi connectivity index (χ0) is 35.3. The second kappa shape index (κ2) is 15.8. The summed E-state index contributed by atoms with van der Waals surface area (Å²) >= 11 is 1.63. The summed E-state index contributed by atoms with van der Waals surface area (Å²) in [6, 6.07) is 10.1. The highest BCUT2D eigenvalue weighted by atomic mass is 32.1. The SMILES string of the molecule is COc1ccc(C2CCC(CNC(=O)C3(N(C(=O)Oc4cc(-c5cnc(C(C)(C)C)s5)ccn4)C4CCOCC4)CCCCC3)CC2)cc1C. The number of benzene rings is 1. The fourth-order valence-corrected chi connectivity index (χ4v) is 9.07. The van der Waals surface area contributed by atoms with Crippen LogP contribution in [0.4, 0.5) is 4.79 Å². The Morgan fingerprint density at radius 3 is 2.40 bits per heavy atom. The van der Waals surface area contributed by atoms with Gasteiger partial charge in [0, 0.05) is 55.2 Å². The van der Waals surface area contributed by atoms with Crippen LogP contribution in [0.1, 0.15) is 113 Å². The van der Waals surface area contributed by atoms with Crippen molar-refractivity contribution < 1.29 is 23.8 Å². The van der Waals surface area contributed by atoms with Gasteiger partial charge in [-0.2, -0.15) is 0 Å². The van der Waals surface area contributed by atoms with Crippen LogP contribution >= 0.6 is 11.3 Å². The van der Waals surface area contributed by atoms with Crippen molar-refractivity contribution in [2.75, 3.05) is 26.9 Å². The van der Waals surface area contributed by atoms with E-state index in [-0.39, 0.29) is 23.2 Å². The van der Waals surface area contributed by atoms with Crippen molar-refractivity contribution in [1.29, 1.82) is 0 Å². The molecule has 10 heteroatoms. The number of pyridine rings is 1. The maximum Gasteiger partial charge on any atom is 0.417 e. The molecule has 2 aliphatic carbocycles. The van der Waals surface area contributed by atoms with E-state index < -0.39 is 11.6 Å². The third-order valence-corrected chi connectivity index (χ3v) is 12.4. The largest absolute Gasteiger partial charge is 0.496 e. The fourth-order valence-electron chi connectivity index (χ4n) is 8.10. The molecule has 6 rings (SSSR count). The van der Waals surface area contributed by atoms with E-state index in [1.54, 1.807) is 35.6 Å². The Balaban J connectivity index is 1.16.